The van der Waals surface area contributed by atoms with Crippen molar-refractivity contribution in [1.82, 2.24) is 14.9 Å². The van der Waals surface area contributed by atoms with Crippen molar-refractivity contribution in [3.05, 3.63) is 69.1 Å². The molecule has 2 aromatic carbocycles. The number of aromatic nitrogens is 3. The third-order valence-electron chi connectivity index (χ3n) is 5.04. The van der Waals surface area contributed by atoms with Crippen molar-refractivity contribution in [2.24, 2.45) is 0 Å². The summed E-state index contributed by atoms with van der Waals surface area (Å²) in [6.07, 6.45) is 1.46. The van der Waals surface area contributed by atoms with Crippen LogP contribution in [0.2, 0.25) is 5.02 Å². The van der Waals surface area contributed by atoms with Crippen LogP contribution in [0, 0.1) is 0 Å². The molecular formula is C23H22ClN3O4. The lowest BCUT2D eigenvalue weighted by Gasteiger charge is -2.12. The largest absolute Gasteiger partial charge is 0.497 e. The predicted molar refractivity (Wildman–Crippen MR) is 119 cm³/mol. The molecule has 0 aliphatic carbocycles. The van der Waals surface area contributed by atoms with Crippen LogP contribution in [-0.2, 0) is 13.0 Å². The van der Waals surface area contributed by atoms with Gasteiger partial charge in [-0.2, -0.15) is 5.10 Å². The summed E-state index contributed by atoms with van der Waals surface area (Å²) < 4.78 is 18.0. The zero-order chi connectivity index (χ0) is 22.0. The molecule has 31 heavy (non-hydrogen) atoms. The van der Waals surface area contributed by atoms with Crippen molar-refractivity contribution in [1.29, 1.82) is 0 Å². The van der Waals surface area contributed by atoms with Crippen molar-refractivity contribution in [3.63, 3.8) is 0 Å². The lowest BCUT2D eigenvalue weighted by atomic mass is 10.1. The third kappa shape index (κ3) is 4.01. The Bertz CT molecular complexity index is 1280. The summed E-state index contributed by atoms with van der Waals surface area (Å²) in [7, 11) is 3.17. The molecule has 0 unspecified atom stereocenters. The van der Waals surface area contributed by atoms with Gasteiger partial charge >= 0.3 is 0 Å². The summed E-state index contributed by atoms with van der Waals surface area (Å²) in [5, 5.41) is 9.89. The molecule has 4 aromatic rings. The van der Waals surface area contributed by atoms with E-state index >= 15 is 0 Å². The first-order valence-corrected chi connectivity index (χ1v) is 10.3. The number of rotatable bonds is 7. The van der Waals surface area contributed by atoms with Crippen LogP contribution in [0.15, 0.2) is 51.8 Å². The molecular weight excluding hydrogens is 418 g/mol. The predicted octanol–water partition coefficient (Wildman–Crippen LogP) is 4.72. The maximum Gasteiger partial charge on any atom is 0.280 e. The first-order chi connectivity index (χ1) is 15.0. The average molecular weight is 440 g/mol. The summed E-state index contributed by atoms with van der Waals surface area (Å²) >= 11 is 6.00. The quantitative estimate of drug-likeness (QED) is 0.414. The maximum absolute atomic E-state index is 13.3. The van der Waals surface area contributed by atoms with Crippen molar-refractivity contribution in [3.8, 4) is 22.8 Å². The van der Waals surface area contributed by atoms with E-state index in [1.54, 1.807) is 44.6 Å². The molecule has 0 N–H and O–H groups in total. The molecule has 0 amide bonds. The van der Waals surface area contributed by atoms with E-state index < -0.39 is 0 Å². The molecule has 0 saturated heterocycles. The van der Waals surface area contributed by atoms with E-state index in [9.17, 15) is 4.79 Å². The lowest BCUT2D eigenvalue weighted by molar-refractivity contribution is 0.404. The molecule has 2 heterocycles. The van der Waals surface area contributed by atoms with Crippen LogP contribution in [0.4, 0.5) is 0 Å². The van der Waals surface area contributed by atoms with E-state index in [1.165, 1.54) is 4.68 Å². The summed E-state index contributed by atoms with van der Waals surface area (Å²) in [5.74, 6) is 1.22. The van der Waals surface area contributed by atoms with Gasteiger partial charge in [0.1, 0.15) is 22.6 Å². The number of methoxy groups -OCH3 is 2. The molecule has 0 radical (unpaired) electrons. The van der Waals surface area contributed by atoms with E-state index in [-0.39, 0.29) is 12.1 Å². The Hall–Kier alpha value is -3.32. The Morgan fingerprint density at radius 3 is 2.55 bits per heavy atom. The normalized spacial score (nSPS) is 11.1. The minimum absolute atomic E-state index is 0.250. The van der Waals surface area contributed by atoms with Crippen LogP contribution in [0.1, 0.15) is 24.6 Å². The van der Waals surface area contributed by atoms with E-state index in [1.807, 2.05) is 19.1 Å². The molecule has 0 atom stereocenters. The van der Waals surface area contributed by atoms with Gasteiger partial charge in [0, 0.05) is 5.02 Å². The Labute approximate surface area is 184 Å². The van der Waals surface area contributed by atoms with E-state index in [2.05, 4.69) is 10.3 Å². The summed E-state index contributed by atoms with van der Waals surface area (Å²) in [4.78, 5) is 13.3. The van der Waals surface area contributed by atoms with Crippen LogP contribution >= 0.6 is 11.6 Å². The van der Waals surface area contributed by atoms with Crippen LogP contribution in [-0.4, -0.2) is 29.2 Å². The smallest absolute Gasteiger partial charge is 0.280 e. The Balaban J connectivity index is 1.98. The molecule has 2 aromatic heterocycles. The van der Waals surface area contributed by atoms with Gasteiger partial charge in [0.2, 0.25) is 5.58 Å². The number of hydrogen-bond acceptors (Lipinski definition) is 6. The molecule has 7 nitrogen and oxygen atoms in total. The van der Waals surface area contributed by atoms with Gasteiger partial charge in [-0.3, -0.25) is 4.79 Å². The zero-order valence-electron chi connectivity index (χ0n) is 17.5. The van der Waals surface area contributed by atoms with Gasteiger partial charge in [-0.1, -0.05) is 42.2 Å². The minimum atomic E-state index is -0.250. The van der Waals surface area contributed by atoms with Crippen LogP contribution < -0.4 is 15.0 Å². The Morgan fingerprint density at radius 2 is 1.87 bits per heavy atom. The fourth-order valence-corrected chi connectivity index (χ4v) is 3.62. The Morgan fingerprint density at radius 1 is 1.10 bits per heavy atom. The molecule has 4 rings (SSSR count). The second-order valence-electron chi connectivity index (χ2n) is 7.09. The van der Waals surface area contributed by atoms with Gasteiger partial charge in [-0.25, -0.2) is 4.68 Å². The molecule has 160 valence electrons. The van der Waals surface area contributed by atoms with E-state index in [0.717, 1.165) is 12.0 Å². The summed E-state index contributed by atoms with van der Waals surface area (Å²) in [5.41, 5.74) is 2.73. The van der Waals surface area contributed by atoms with E-state index in [0.29, 0.717) is 50.9 Å². The topological polar surface area (TPSA) is 79.4 Å². The molecule has 0 fully saturated rings. The molecule has 0 spiro atoms. The lowest BCUT2D eigenvalue weighted by Crippen LogP contribution is -2.24. The Kier molecular flexibility index (Phi) is 5.95. The highest BCUT2D eigenvalue weighted by Crippen LogP contribution is 2.36. The molecule has 0 aliphatic heterocycles. The molecule has 0 bridgehead atoms. The summed E-state index contributed by atoms with van der Waals surface area (Å²) in [6, 6.07) is 12.7. The minimum Gasteiger partial charge on any atom is -0.497 e. The van der Waals surface area contributed by atoms with Gasteiger partial charge in [0.05, 0.1) is 32.0 Å². The van der Waals surface area contributed by atoms with Crippen LogP contribution in [0.5, 0.6) is 11.5 Å². The summed E-state index contributed by atoms with van der Waals surface area (Å²) in [6.45, 7) is 2.31. The van der Waals surface area contributed by atoms with Gasteiger partial charge in [-0.15, -0.1) is 0 Å². The van der Waals surface area contributed by atoms with Gasteiger partial charge in [-0.05, 0) is 42.3 Å². The zero-order valence-corrected chi connectivity index (χ0v) is 18.3. The highest BCUT2D eigenvalue weighted by atomic mass is 35.5. The third-order valence-corrected chi connectivity index (χ3v) is 5.29. The molecule has 0 saturated carbocycles. The van der Waals surface area contributed by atoms with E-state index in [4.69, 9.17) is 25.6 Å². The van der Waals surface area contributed by atoms with Crippen LogP contribution in [0.25, 0.3) is 22.2 Å². The first kappa shape index (κ1) is 20.9. The van der Waals surface area contributed by atoms with Crippen LogP contribution in [0.3, 0.4) is 0 Å². The number of nitrogens with zero attached hydrogens (tertiary/aromatic N) is 3. The highest BCUT2D eigenvalue weighted by molar-refractivity contribution is 6.30. The second-order valence-corrected chi connectivity index (χ2v) is 7.52. The van der Waals surface area contributed by atoms with Crippen molar-refractivity contribution in [2.45, 2.75) is 26.3 Å². The van der Waals surface area contributed by atoms with Crippen molar-refractivity contribution >= 4 is 22.6 Å². The number of aryl methyl sites for hydroxylation is 1. The fraction of sp³-hybridized carbons (Fsp3) is 0.261. The van der Waals surface area contributed by atoms with Gasteiger partial charge in [0.15, 0.2) is 0 Å². The maximum atomic E-state index is 13.3. The van der Waals surface area contributed by atoms with Gasteiger partial charge < -0.3 is 14.0 Å². The number of hydrogen-bond donors (Lipinski definition) is 0. The average Bonchev–Trinajstić information content (AvgIpc) is 3.21. The van der Waals surface area contributed by atoms with Crippen molar-refractivity contribution < 1.29 is 14.0 Å². The number of ether oxygens (including phenoxy) is 2. The fourth-order valence-electron chi connectivity index (χ4n) is 3.50. The number of fused-ring (bicyclic) bond motifs is 1. The number of benzene rings is 2. The first-order valence-electron chi connectivity index (χ1n) is 9.92. The molecule has 8 heteroatoms. The highest BCUT2D eigenvalue weighted by Gasteiger charge is 2.23. The monoisotopic (exact) mass is 439 g/mol. The molecule has 0 aliphatic rings. The van der Waals surface area contributed by atoms with Gasteiger partial charge in [0.25, 0.3) is 5.56 Å². The standard InChI is InChI=1S/C23H22ClN3O4/c1-4-5-18-20-22(31-26-18)21(17-12-16(29-2)10-11-19(17)30-3)25-27(23(20)28)13-14-6-8-15(24)9-7-14/h6-12H,4-5,13H2,1-3H3. The number of halogens is 1. The second kappa shape index (κ2) is 8.81. The SMILES string of the molecule is CCCc1noc2c(-c3cc(OC)ccc3OC)nn(Cc3ccc(Cl)cc3)c(=O)c12. The van der Waals surface area contributed by atoms with Crippen molar-refractivity contribution in [2.75, 3.05) is 14.2 Å².